The second-order valence-corrected chi connectivity index (χ2v) is 7.73. The molecule has 106 valence electrons. The van der Waals surface area contributed by atoms with E-state index in [1.807, 2.05) is 6.92 Å². The number of nitrogens with zero attached hydrogens (tertiary/aromatic N) is 1. The molecule has 0 unspecified atom stereocenters. The van der Waals surface area contributed by atoms with Crippen molar-refractivity contribution in [1.29, 1.82) is 0 Å². The van der Waals surface area contributed by atoms with Crippen LogP contribution in [-0.2, 0) is 10.0 Å². The molecule has 0 spiro atoms. The third kappa shape index (κ3) is 3.18. The van der Waals surface area contributed by atoms with E-state index in [1.54, 1.807) is 18.2 Å². The van der Waals surface area contributed by atoms with E-state index in [4.69, 9.17) is 5.11 Å². The lowest BCUT2D eigenvalue weighted by molar-refractivity contribution is 0.170. The van der Waals surface area contributed by atoms with E-state index in [-0.39, 0.29) is 12.5 Å². The number of benzene rings is 1. The van der Waals surface area contributed by atoms with Crippen LogP contribution < -0.4 is 0 Å². The molecule has 19 heavy (non-hydrogen) atoms. The van der Waals surface area contributed by atoms with E-state index in [9.17, 15) is 8.42 Å². The number of hydrogen-bond acceptors (Lipinski definition) is 3. The molecule has 0 bridgehead atoms. The van der Waals surface area contributed by atoms with Crippen molar-refractivity contribution in [2.45, 2.75) is 24.7 Å². The Bertz CT molecular complexity index is 551. The summed E-state index contributed by atoms with van der Waals surface area (Å²) in [6.07, 6.45) is 1.45. The van der Waals surface area contributed by atoms with Gasteiger partial charge in [-0.3, -0.25) is 0 Å². The van der Waals surface area contributed by atoms with E-state index in [0.29, 0.717) is 18.0 Å². The number of sulfonamides is 1. The number of aliphatic hydroxyl groups excluding tert-OH is 1. The molecule has 6 heteroatoms. The van der Waals surface area contributed by atoms with E-state index in [1.165, 1.54) is 4.31 Å². The Morgan fingerprint density at radius 3 is 2.53 bits per heavy atom. The standard InChI is InChI=1S/C13H18BrNO3S/c1-10-8-12(2-3-13(10)14)19(17,18)15-6-4-11(9-16)5-7-15/h2-3,8,11,16H,4-7,9H2,1H3. The molecule has 4 nitrogen and oxygen atoms in total. The maximum absolute atomic E-state index is 12.5. The third-order valence-electron chi connectivity index (χ3n) is 3.60. The molecule has 0 radical (unpaired) electrons. The molecule has 1 fully saturated rings. The van der Waals surface area contributed by atoms with Crippen molar-refractivity contribution in [2.24, 2.45) is 5.92 Å². The highest BCUT2D eigenvalue weighted by Gasteiger charge is 2.29. The number of piperidine rings is 1. The van der Waals surface area contributed by atoms with Crippen LogP contribution in [0.25, 0.3) is 0 Å². The fourth-order valence-corrected chi connectivity index (χ4v) is 4.06. The first-order chi connectivity index (χ1) is 8.95. The summed E-state index contributed by atoms with van der Waals surface area (Å²) in [7, 11) is -3.40. The molecule has 1 aromatic carbocycles. The van der Waals surface area contributed by atoms with Gasteiger partial charge in [0.15, 0.2) is 0 Å². The molecule has 1 aliphatic rings. The fourth-order valence-electron chi connectivity index (χ4n) is 2.26. The summed E-state index contributed by atoms with van der Waals surface area (Å²) in [4.78, 5) is 0.343. The monoisotopic (exact) mass is 347 g/mol. The highest BCUT2D eigenvalue weighted by atomic mass is 79.9. The summed E-state index contributed by atoms with van der Waals surface area (Å²) in [5.41, 5.74) is 0.909. The molecule has 0 amide bonds. The molecule has 1 saturated heterocycles. The molecule has 0 aromatic heterocycles. The highest BCUT2D eigenvalue weighted by Crippen LogP contribution is 2.26. The maximum atomic E-state index is 12.5. The van der Waals surface area contributed by atoms with Crippen LogP contribution in [0.2, 0.25) is 0 Å². The summed E-state index contributed by atoms with van der Waals surface area (Å²) >= 11 is 3.37. The minimum atomic E-state index is -3.40. The zero-order chi connectivity index (χ0) is 14.0. The van der Waals surface area contributed by atoms with Gasteiger partial charge in [-0.25, -0.2) is 8.42 Å². The van der Waals surface area contributed by atoms with Crippen LogP contribution in [0.5, 0.6) is 0 Å². The molecule has 2 rings (SSSR count). The second kappa shape index (κ2) is 5.91. The lowest BCUT2D eigenvalue weighted by atomic mass is 10.00. The molecular formula is C13H18BrNO3S. The summed E-state index contributed by atoms with van der Waals surface area (Å²) < 4.78 is 27.4. The van der Waals surface area contributed by atoms with Gasteiger partial charge in [-0.15, -0.1) is 0 Å². The molecule has 0 saturated carbocycles. The summed E-state index contributed by atoms with van der Waals surface area (Å²) in [5.74, 6) is 0.234. The van der Waals surface area contributed by atoms with Crippen molar-refractivity contribution in [2.75, 3.05) is 19.7 Å². The van der Waals surface area contributed by atoms with Gasteiger partial charge in [0, 0.05) is 24.2 Å². The maximum Gasteiger partial charge on any atom is 0.243 e. The van der Waals surface area contributed by atoms with Gasteiger partial charge < -0.3 is 5.11 Å². The van der Waals surface area contributed by atoms with Crippen molar-refractivity contribution < 1.29 is 13.5 Å². The number of aliphatic hydroxyl groups is 1. The van der Waals surface area contributed by atoms with Gasteiger partial charge in [0.05, 0.1) is 4.90 Å². The van der Waals surface area contributed by atoms with Gasteiger partial charge >= 0.3 is 0 Å². The summed E-state index contributed by atoms with van der Waals surface area (Å²) in [5, 5.41) is 9.09. The lowest BCUT2D eigenvalue weighted by Crippen LogP contribution is -2.39. The van der Waals surface area contributed by atoms with E-state index < -0.39 is 10.0 Å². The van der Waals surface area contributed by atoms with Crippen molar-refractivity contribution in [3.8, 4) is 0 Å². The number of aryl methyl sites for hydroxylation is 1. The van der Waals surface area contributed by atoms with Gasteiger partial charge in [-0.2, -0.15) is 4.31 Å². The Kier molecular flexibility index (Phi) is 4.66. The van der Waals surface area contributed by atoms with Crippen molar-refractivity contribution >= 4 is 26.0 Å². The van der Waals surface area contributed by atoms with Gasteiger partial charge in [-0.05, 0) is 49.4 Å². The van der Waals surface area contributed by atoms with E-state index in [2.05, 4.69) is 15.9 Å². The van der Waals surface area contributed by atoms with Crippen LogP contribution in [0.15, 0.2) is 27.6 Å². The molecular weight excluding hydrogens is 330 g/mol. The van der Waals surface area contributed by atoms with Crippen LogP contribution in [-0.4, -0.2) is 37.5 Å². The SMILES string of the molecule is Cc1cc(S(=O)(=O)N2CCC(CO)CC2)ccc1Br. The van der Waals surface area contributed by atoms with E-state index >= 15 is 0 Å². The van der Waals surface area contributed by atoms with Crippen molar-refractivity contribution in [3.05, 3.63) is 28.2 Å². The average Bonchev–Trinajstić information content (AvgIpc) is 2.41. The first kappa shape index (κ1) is 15.0. The molecule has 1 aromatic rings. The summed E-state index contributed by atoms with van der Waals surface area (Å²) in [6.45, 7) is 3.00. The lowest BCUT2D eigenvalue weighted by Gasteiger charge is -2.30. The predicted octanol–water partition coefficient (Wildman–Crippen LogP) is 2.15. The largest absolute Gasteiger partial charge is 0.396 e. The Balaban J connectivity index is 2.21. The topological polar surface area (TPSA) is 57.6 Å². The smallest absolute Gasteiger partial charge is 0.243 e. The zero-order valence-corrected chi connectivity index (χ0v) is 13.2. The summed E-state index contributed by atoms with van der Waals surface area (Å²) in [6, 6.07) is 5.09. The van der Waals surface area contributed by atoms with Gasteiger partial charge in [0.1, 0.15) is 0 Å². The van der Waals surface area contributed by atoms with Gasteiger partial charge in [0.2, 0.25) is 10.0 Å². The van der Waals surface area contributed by atoms with Crippen molar-refractivity contribution in [1.82, 2.24) is 4.31 Å². The first-order valence-electron chi connectivity index (χ1n) is 6.32. The molecule has 1 aliphatic heterocycles. The van der Waals surface area contributed by atoms with Crippen LogP contribution in [0.4, 0.5) is 0 Å². The minimum Gasteiger partial charge on any atom is -0.396 e. The molecule has 1 heterocycles. The number of rotatable bonds is 3. The quantitative estimate of drug-likeness (QED) is 0.911. The van der Waals surface area contributed by atoms with Crippen LogP contribution in [0.3, 0.4) is 0 Å². The number of halogens is 1. The van der Waals surface area contributed by atoms with Crippen LogP contribution in [0.1, 0.15) is 18.4 Å². The normalized spacial score (nSPS) is 18.7. The zero-order valence-electron chi connectivity index (χ0n) is 10.8. The van der Waals surface area contributed by atoms with Crippen molar-refractivity contribution in [3.63, 3.8) is 0 Å². The molecule has 0 atom stereocenters. The van der Waals surface area contributed by atoms with Gasteiger partial charge in [0.25, 0.3) is 0 Å². The highest BCUT2D eigenvalue weighted by molar-refractivity contribution is 9.10. The van der Waals surface area contributed by atoms with Crippen LogP contribution in [0, 0.1) is 12.8 Å². The average molecular weight is 348 g/mol. The predicted molar refractivity (Wildman–Crippen MR) is 77.4 cm³/mol. The third-order valence-corrected chi connectivity index (χ3v) is 6.38. The Morgan fingerprint density at radius 1 is 1.37 bits per heavy atom. The first-order valence-corrected chi connectivity index (χ1v) is 8.55. The van der Waals surface area contributed by atoms with Gasteiger partial charge in [-0.1, -0.05) is 15.9 Å². The van der Waals surface area contributed by atoms with Crippen LogP contribution >= 0.6 is 15.9 Å². The number of hydrogen-bond donors (Lipinski definition) is 1. The molecule has 1 N–H and O–H groups in total. The Labute approximate surface area is 122 Å². The minimum absolute atomic E-state index is 0.144. The Morgan fingerprint density at radius 2 is 2.00 bits per heavy atom. The molecule has 0 aliphatic carbocycles. The Hall–Kier alpha value is -0.430. The fraction of sp³-hybridized carbons (Fsp3) is 0.538. The second-order valence-electron chi connectivity index (χ2n) is 4.94. The van der Waals surface area contributed by atoms with E-state index in [0.717, 1.165) is 22.9 Å².